The van der Waals surface area contributed by atoms with E-state index in [2.05, 4.69) is 31.2 Å². The molecular formula is C12H22O. The molecule has 0 aromatic carbocycles. The molecule has 0 amide bonds. The van der Waals surface area contributed by atoms with E-state index in [0.29, 0.717) is 0 Å². The Morgan fingerprint density at radius 3 is 2.08 bits per heavy atom. The highest BCUT2D eigenvalue weighted by Crippen LogP contribution is 2.04. The number of allylic oxidation sites excluding steroid dienone is 3. The predicted molar refractivity (Wildman–Crippen MR) is 58.7 cm³/mol. The second kappa shape index (κ2) is 11.4. The first-order valence-corrected chi connectivity index (χ1v) is 5.28. The highest BCUT2D eigenvalue weighted by molar-refractivity contribution is 4.81. The lowest BCUT2D eigenvalue weighted by Crippen LogP contribution is -1.77. The molecule has 0 aliphatic carbocycles. The van der Waals surface area contributed by atoms with Gasteiger partial charge in [0.05, 0.1) is 0 Å². The Labute approximate surface area is 82.2 Å². The molecule has 0 saturated heterocycles. The normalized spacial score (nSPS) is 11.8. The third-order valence-electron chi connectivity index (χ3n) is 1.94. The summed E-state index contributed by atoms with van der Waals surface area (Å²) < 4.78 is 0. The molecule has 0 heterocycles. The zero-order chi connectivity index (χ0) is 9.78. The molecule has 0 aromatic rings. The van der Waals surface area contributed by atoms with Crippen LogP contribution < -0.4 is 0 Å². The van der Waals surface area contributed by atoms with Crippen LogP contribution in [-0.2, 0) is 0 Å². The van der Waals surface area contributed by atoms with E-state index in [4.69, 9.17) is 5.11 Å². The van der Waals surface area contributed by atoms with Crippen molar-refractivity contribution in [3.63, 3.8) is 0 Å². The maximum Gasteiger partial charge on any atom is 0.0465 e. The van der Waals surface area contributed by atoms with Gasteiger partial charge in [-0.3, -0.25) is 0 Å². The average molecular weight is 182 g/mol. The zero-order valence-electron chi connectivity index (χ0n) is 8.71. The molecule has 0 fully saturated rings. The van der Waals surface area contributed by atoms with Gasteiger partial charge < -0.3 is 5.11 Å². The number of rotatable bonds is 8. The van der Waals surface area contributed by atoms with Crippen molar-refractivity contribution >= 4 is 0 Å². The minimum absolute atomic E-state index is 0.276. The largest absolute Gasteiger partial charge is 0.396 e. The van der Waals surface area contributed by atoms with Gasteiger partial charge in [0, 0.05) is 6.61 Å². The van der Waals surface area contributed by atoms with Gasteiger partial charge in [-0.05, 0) is 39.0 Å². The third-order valence-corrected chi connectivity index (χ3v) is 1.94. The summed E-state index contributed by atoms with van der Waals surface area (Å²) in [7, 11) is 0. The van der Waals surface area contributed by atoms with E-state index in [0.717, 1.165) is 12.8 Å². The van der Waals surface area contributed by atoms with E-state index < -0.39 is 0 Å². The lowest BCUT2D eigenvalue weighted by molar-refractivity contribution is 0.302. The van der Waals surface area contributed by atoms with Gasteiger partial charge in [0.1, 0.15) is 0 Å². The van der Waals surface area contributed by atoms with Crippen LogP contribution in [-0.4, -0.2) is 11.7 Å². The molecule has 0 atom stereocenters. The molecule has 0 radical (unpaired) electrons. The van der Waals surface area contributed by atoms with Gasteiger partial charge >= 0.3 is 0 Å². The Bertz CT molecular complexity index is 136. The molecule has 13 heavy (non-hydrogen) atoms. The van der Waals surface area contributed by atoms with Crippen molar-refractivity contribution in [3.05, 3.63) is 24.3 Å². The Hall–Kier alpha value is -0.560. The molecule has 0 rings (SSSR count). The van der Waals surface area contributed by atoms with Crippen molar-refractivity contribution in [2.24, 2.45) is 0 Å². The van der Waals surface area contributed by atoms with E-state index in [1.54, 1.807) is 0 Å². The monoisotopic (exact) mass is 182 g/mol. The van der Waals surface area contributed by atoms with E-state index in [-0.39, 0.29) is 6.61 Å². The second-order valence-corrected chi connectivity index (χ2v) is 3.19. The Balaban J connectivity index is 2.99. The van der Waals surface area contributed by atoms with Crippen LogP contribution >= 0.6 is 0 Å². The molecule has 76 valence electrons. The number of hydrogen-bond acceptors (Lipinski definition) is 1. The summed E-state index contributed by atoms with van der Waals surface area (Å²) >= 11 is 0. The molecule has 0 unspecified atom stereocenters. The first-order chi connectivity index (χ1) is 6.41. The fourth-order valence-electron chi connectivity index (χ4n) is 1.18. The smallest absolute Gasteiger partial charge is 0.0465 e. The van der Waals surface area contributed by atoms with Crippen LogP contribution in [0.4, 0.5) is 0 Å². The molecule has 0 aliphatic rings. The Morgan fingerprint density at radius 2 is 1.46 bits per heavy atom. The first kappa shape index (κ1) is 12.4. The lowest BCUT2D eigenvalue weighted by atomic mass is 10.1. The van der Waals surface area contributed by atoms with Gasteiger partial charge in [0.2, 0.25) is 0 Å². The first-order valence-electron chi connectivity index (χ1n) is 5.28. The van der Waals surface area contributed by atoms with Crippen LogP contribution in [0.15, 0.2) is 24.3 Å². The number of aliphatic hydroxyl groups excluding tert-OH is 1. The summed E-state index contributed by atoms with van der Waals surface area (Å²) in [5.41, 5.74) is 0. The second-order valence-electron chi connectivity index (χ2n) is 3.19. The Morgan fingerprint density at radius 1 is 0.846 bits per heavy atom. The van der Waals surface area contributed by atoms with E-state index in [1.807, 2.05) is 0 Å². The van der Waals surface area contributed by atoms with Gasteiger partial charge in [-0.15, -0.1) is 0 Å². The minimum atomic E-state index is 0.276. The van der Waals surface area contributed by atoms with Crippen LogP contribution in [0.1, 0.15) is 45.4 Å². The summed E-state index contributed by atoms with van der Waals surface area (Å²) in [6, 6.07) is 0. The molecule has 0 bridgehead atoms. The van der Waals surface area contributed by atoms with Crippen LogP contribution in [0.25, 0.3) is 0 Å². The number of aliphatic hydroxyl groups is 1. The maximum absolute atomic E-state index is 8.51. The van der Waals surface area contributed by atoms with Crippen LogP contribution in [0.3, 0.4) is 0 Å². The summed E-state index contributed by atoms with van der Waals surface area (Å²) in [6.45, 7) is 2.34. The molecule has 1 N–H and O–H groups in total. The van der Waals surface area contributed by atoms with Gasteiger partial charge in [0.15, 0.2) is 0 Å². The SMILES string of the molecule is C/C=C/CCCCC/C=C/CCO. The van der Waals surface area contributed by atoms with E-state index in [9.17, 15) is 0 Å². The van der Waals surface area contributed by atoms with E-state index in [1.165, 1.54) is 25.7 Å². The van der Waals surface area contributed by atoms with Crippen LogP contribution in [0.5, 0.6) is 0 Å². The van der Waals surface area contributed by atoms with Crippen molar-refractivity contribution in [3.8, 4) is 0 Å². The quantitative estimate of drug-likeness (QED) is 0.450. The van der Waals surface area contributed by atoms with Gasteiger partial charge in [-0.1, -0.05) is 30.7 Å². The zero-order valence-corrected chi connectivity index (χ0v) is 8.71. The summed E-state index contributed by atoms with van der Waals surface area (Å²) in [5, 5.41) is 8.51. The Kier molecular flexibility index (Phi) is 10.9. The lowest BCUT2D eigenvalue weighted by Gasteiger charge is -1.94. The standard InChI is InChI=1S/C12H22O/c1-2-3-4-5-6-7-8-9-10-11-12-13/h2-3,9-10,13H,4-8,11-12H2,1H3/b3-2+,10-9+. The van der Waals surface area contributed by atoms with Crippen molar-refractivity contribution in [1.29, 1.82) is 0 Å². The van der Waals surface area contributed by atoms with Gasteiger partial charge in [-0.2, -0.15) is 0 Å². The summed E-state index contributed by atoms with van der Waals surface area (Å²) in [5.74, 6) is 0. The fraction of sp³-hybridized carbons (Fsp3) is 0.667. The molecule has 0 aliphatic heterocycles. The van der Waals surface area contributed by atoms with Crippen molar-refractivity contribution in [2.45, 2.75) is 45.4 Å². The molecule has 0 saturated carbocycles. The molecule has 0 aromatic heterocycles. The van der Waals surface area contributed by atoms with E-state index >= 15 is 0 Å². The van der Waals surface area contributed by atoms with Gasteiger partial charge in [0.25, 0.3) is 0 Å². The van der Waals surface area contributed by atoms with Crippen molar-refractivity contribution < 1.29 is 5.11 Å². The average Bonchev–Trinajstić information content (AvgIpc) is 2.16. The molecule has 1 nitrogen and oxygen atoms in total. The third kappa shape index (κ3) is 11.4. The molecular weight excluding hydrogens is 160 g/mol. The molecule has 1 heteroatoms. The fourth-order valence-corrected chi connectivity index (χ4v) is 1.18. The van der Waals surface area contributed by atoms with Crippen molar-refractivity contribution in [1.82, 2.24) is 0 Å². The molecule has 0 spiro atoms. The minimum Gasteiger partial charge on any atom is -0.396 e. The summed E-state index contributed by atoms with van der Waals surface area (Å²) in [6.07, 6.45) is 15.7. The highest BCUT2D eigenvalue weighted by atomic mass is 16.2. The van der Waals surface area contributed by atoms with Gasteiger partial charge in [-0.25, -0.2) is 0 Å². The number of unbranched alkanes of at least 4 members (excludes halogenated alkanes) is 4. The predicted octanol–water partition coefficient (Wildman–Crippen LogP) is 3.45. The summed E-state index contributed by atoms with van der Waals surface area (Å²) in [4.78, 5) is 0. The topological polar surface area (TPSA) is 20.2 Å². The highest BCUT2D eigenvalue weighted by Gasteiger charge is 1.84. The van der Waals surface area contributed by atoms with Crippen LogP contribution in [0, 0.1) is 0 Å². The van der Waals surface area contributed by atoms with Crippen LogP contribution in [0.2, 0.25) is 0 Å². The maximum atomic E-state index is 8.51. The number of hydrogen-bond donors (Lipinski definition) is 1. The van der Waals surface area contributed by atoms with Crippen molar-refractivity contribution in [2.75, 3.05) is 6.61 Å².